The summed E-state index contributed by atoms with van der Waals surface area (Å²) in [6.07, 6.45) is 3.10. The Bertz CT molecular complexity index is 481. The van der Waals surface area contributed by atoms with Gasteiger partial charge >= 0.3 is 0 Å². The SMILES string of the molecule is CCc1ccc(NC(=O)CN2CCC(OC)CC2CN)cc1.Cl. The fourth-order valence-electron chi connectivity index (χ4n) is 2.94. The largest absolute Gasteiger partial charge is 0.381 e. The highest BCUT2D eigenvalue weighted by atomic mass is 35.5. The highest BCUT2D eigenvalue weighted by Crippen LogP contribution is 2.19. The molecule has 0 spiro atoms. The van der Waals surface area contributed by atoms with Gasteiger partial charge in [0.15, 0.2) is 0 Å². The molecule has 0 aromatic heterocycles. The first-order valence-corrected chi connectivity index (χ1v) is 8.02. The van der Waals surface area contributed by atoms with Crippen LogP contribution in [-0.2, 0) is 16.0 Å². The maximum absolute atomic E-state index is 12.2. The quantitative estimate of drug-likeness (QED) is 0.831. The number of nitrogens with one attached hydrogen (secondary N) is 1. The number of rotatable bonds is 6. The first-order chi connectivity index (χ1) is 10.7. The van der Waals surface area contributed by atoms with Crippen molar-refractivity contribution in [2.75, 3.05) is 32.1 Å². The Labute approximate surface area is 145 Å². The number of hydrogen-bond donors (Lipinski definition) is 2. The van der Waals surface area contributed by atoms with Crippen LogP contribution < -0.4 is 11.1 Å². The Balaban J connectivity index is 0.00000264. The molecule has 0 radical (unpaired) electrons. The Hall–Kier alpha value is -1.14. The summed E-state index contributed by atoms with van der Waals surface area (Å²) in [7, 11) is 1.74. The molecule has 1 saturated heterocycles. The molecule has 5 nitrogen and oxygen atoms in total. The van der Waals surface area contributed by atoms with Gasteiger partial charge < -0.3 is 15.8 Å². The Morgan fingerprint density at radius 2 is 2.09 bits per heavy atom. The van der Waals surface area contributed by atoms with Gasteiger partial charge in [0.25, 0.3) is 0 Å². The number of amides is 1. The van der Waals surface area contributed by atoms with Crippen molar-refractivity contribution in [3.63, 3.8) is 0 Å². The first-order valence-electron chi connectivity index (χ1n) is 8.02. The summed E-state index contributed by atoms with van der Waals surface area (Å²) in [5.41, 5.74) is 7.95. The Morgan fingerprint density at radius 1 is 1.39 bits per heavy atom. The van der Waals surface area contributed by atoms with Crippen LogP contribution in [0.2, 0.25) is 0 Å². The number of benzene rings is 1. The van der Waals surface area contributed by atoms with E-state index >= 15 is 0 Å². The van der Waals surface area contributed by atoms with Crippen molar-refractivity contribution in [3.8, 4) is 0 Å². The van der Waals surface area contributed by atoms with E-state index in [9.17, 15) is 4.79 Å². The minimum absolute atomic E-state index is 0. The van der Waals surface area contributed by atoms with Gasteiger partial charge in [0.05, 0.1) is 12.6 Å². The van der Waals surface area contributed by atoms with Crippen molar-refractivity contribution in [3.05, 3.63) is 29.8 Å². The van der Waals surface area contributed by atoms with Gasteiger partial charge in [-0.25, -0.2) is 0 Å². The van der Waals surface area contributed by atoms with Gasteiger partial charge in [-0.05, 0) is 37.0 Å². The normalized spacial score (nSPS) is 21.5. The van der Waals surface area contributed by atoms with Gasteiger partial charge in [0, 0.05) is 31.9 Å². The third-order valence-electron chi connectivity index (χ3n) is 4.39. The third kappa shape index (κ3) is 5.77. The molecule has 1 heterocycles. The lowest BCUT2D eigenvalue weighted by Crippen LogP contribution is -2.50. The molecule has 1 aromatic rings. The Morgan fingerprint density at radius 3 is 2.65 bits per heavy atom. The highest BCUT2D eigenvalue weighted by molar-refractivity contribution is 5.92. The minimum Gasteiger partial charge on any atom is -0.381 e. The summed E-state index contributed by atoms with van der Waals surface area (Å²) >= 11 is 0. The number of hydrogen-bond acceptors (Lipinski definition) is 4. The molecule has 1 fully saturated rings. The van der Waals surface area contributed by atoms with Crippen molar-refractivity contribution in [1.29, 1.82) is 0 Å². The average Bonchev–Trinajstić information content (AvgIpc) is 2.55. The van der Waals surface area contributed by atoms with Crippen molar-refractivity contribution in [1.82, 2.24) is 4.90 Å². The molecule has 1 amide bonds. The van der Waals surface area contributed by atoms with Crippen molar-refractivity contribution < 1.29 is 9.53 Å². The molecule has 1 aromatic carbocycles. The fourth-order valence-corrected chi connectivity index (χ4v) is 2.94. The van der Waals surface area contributed by atoms with E-state index < -0.39 is 0 Å². The molecular formula is C17H28ClN3O2. The number of methoxy groups -OCH3 is 1. The average molecular weight is 342 g/mol. The predicted molar refractivity (Wildman–Crippen MR) is 96.1 cm³/mol. The number of aryl methyl sites for hydroxylation is 1. The lowest BCUT2D eigenvalue weighted by molar-refractivity contribution is -0.118. The van der Waals surface area contributed by atoms with Crippen molar-refractivity contribution in [2.45, 2.75) is 38.3 Å². The van der Waals surface area contributed by atoms with Gasteiger partial charge in [-0.1, -0.05) is 19.1 Å². The summed E-state index contributed by atoms with van der Waals surface area (Å²) in [5.74, 6) is 0.0126. The maximum Gasteiger partial charge on any atom is 0.238 e. The molecular weight excluding hydrogens is 314 g/mol. The number of nitrogens with two attached hydrogens (primary N) is 1. The van der Waals surface area contributed by atoms with Crippen LogP contribution >= 0.6 is 12.4 Å². The van der Waals surface area contributed by atoms with Crippen LogP contribution in [0.3, 0.4) is 0 Å². The monoisotopic (exact) mass is 341 g/mol. The Kier molecular flexibility index (Phi) is 8.55. The molecule has 2 atom stereocenters. The molecule has 1 aliphatic rings. The second kappa shape index (κ2) is 9.88. The number of ether oxygens (including phenoxy) is 1. The molecule has 2 rings (SSSR count). The van der Waals surface area contributed by atoms with Crippen LogP contribution in [-0.4, -0.2) is 49.7 Å². The van der Waals surface area contributed by atoms with E-state index in [1.807, 2.05) is 24.3 Å². The molecule has 0 bridgehead atoms. The molecule has 1 aliphatic heterocycles. The third-order valence-corrected chi connectivity index (χ3v) is 4.39. The standard InChI is InChI=1S/C17H27N3O2.ClH/c1-3-13-4-6-14(7-5-13)19-17(21)12-20-9-8-16(22-2)10-15(20)11-18;/h4-7,15-16H,3,8-12,18H2,1-2H3,(H,19,21);1H. The molecule has 6 heteroatoms. The van der Waals surface area contributed by atoms with Crippen molar-refractivity contribution in [2.24, 2.45) is 5.73 Å². The molecule has 2 unspecified atom stereocenters. The summed E-state index contributed by atoms with van der Waals surface area (Å²) in [6.45, 7) is 3.90. The van der Waals surface area contributed by atoms with Gasteiger partial charge in [-0.3, -0.25) is 9.69 Å². The van der Waals surface area contributed by atoms with E-state index in [4.69, 9.17) is 10.5 Å². The van der Waals surface area contributed by atoms with E-state index in [1.165, 1.54) is 5.56 Å². The molecule has 3 N–H and O–H groups in total. The number of anilines is 1. The van der Waals surface area contributed by atoms with Gasteiger partial charge in [0.2, 0.25) is 5.91 Å². The number of nitrogens with zero attached hydrogens (tertiary/aromatic N) is 1. The van der Waals surface area contributed by atoms with Crippen LogP contribution in [0.5, 0.6) is 0 Å². The maximum atomic E-state index is 12.2. The summed E-state index contributed by atoms with van der Waals surface area (Å²) in [6, 6.07) is 8.21. The van der Waals surface area contributed by atoms with E-state index in [2.05, 4.69) is 17.1 Å². The smallest absolute Gasteiger partial charge is 0.238 e. The van der Waals surface area contributed by atoms with E-state index in [0.29, 0.717) is 13.1 Å². The zero-order valence-corrected chi connectivity index (χ0v) is 14.8. The van der Waals surface area contributed by atoms with E-state index in [0.717, 1.165) is 31.5 Å². The number of carbonyl (C=O) groups excluding carboxylic acids is 1. The fraction of sp³-hybridized carbons (Fsp3) is 0.588. The zero-order chi connectivity index (χ0) is 15.9. The number of likely N-dealkylation sites (tertiary alicyclic amines) is 1. The van der Waals surface area contributed by atoms with E-state index in [1.54, 1.807) is 7.11 Å². The lowest BCUT2D eigenvalue weighted by atomic mass is 9.99. The van der Waals surface area contributed by atoms with Crippen LogP contribution in [0.25, 0.3) is 0 Å². The zero-order valence-electron chi connectivity index (χ0n) is 14.0. The van der Waals surface area contributed by atoms with Crippen molar-refractivity contribution >= 4 is 24.0 Å². The van der Waals surface area contributed by atoms with Crippen LogP contribution in [0, 0.1) is 0 Å². The summed E-state index contributed by atoms with van der Waals surface area (Å²) in [4.78, 5) is 14.4. The summed E-state index contributed by atoms with van der Waals surface area (Å²) in [5, 5.41) is 2.96. The number of carbonyl (C=O) groups is 1. The lowest BCUT2D eigenvalue weighted by Gasteiger charge is -2.37. The summed E-state index contributed by atoms with van der Waals surface area (Å²) < 4.78 is 5.41. The molecule has 130 valence electrons. The van der Waals surface area contributed by atoms with Crippen LogP contribution in [0.15, 0.2) is 24.3 Å². The molecule has 23 heavy (non-hydrogen) atoms. The highest BCUT2D eigenvalue weighted by Gasteiger charge is 2.28. The minimum atomic E-state index is 0. The van der Waals surface area contributed by atoms with E-state index in [-0.39, 0.29) is 30.5 Å². The van der Waals surface area contributed by atoms with Crippen LogP contribution in [0.1, 0.15) is 25.3 Å². The first kappa shape index (κ1) is 19.9. The van der Waals surface area contributed by atoms with Crippen LogP contribution in [0.4, 0.5) is 5.69 Å². The predicted octanol–water partition coefficient (Wildman–Crippen LogP) is 2.05. The second-order valence-electron chi connectivity index (χ2n) is 5.84. The van der Waals surface area contributed by atoms with Gasteiger partial charge in [0.1, 0.15) is 0 Å². The van der Waals surface area contributed by atoms with Gasteiger partial charge in [-0.15, -0.1) is 12.4 Å². The molecule has 0 aliphatic carbocycles. The second-order valence-corrected chi connectivity index (χ2v) is 5.84. The number of piperidine rings is 1. The molecule has 0 saturated carbocycles. The topological polar surface area (TPSA) is 67.6 Å². The number of halogens is 1. The van der Waals surface area contributed by atoms with Gasteiger partial charge in [-0.2, -0.15) is 0 Å².